The van der Waals surface area contributed by atoms with E-state index in [2.05, 4.69) is 51.9 Å². The molecular weight excluding hydrogens is 530 g/mol. The maximum atomic E-state index is 12.8. The Morgan fingerprint density at radius 3 is 2.14 bits per heavy atom. The van der Waals surface area contributed by atoms with Crippen molar-refractivity contribution in [2.24, 2.45) is 5.92 Å². The first kappa shape index (κ1) is 29.3. The molecule has 3 aromatic rings. The topological polar surface area (TPSA) is 108 Å². The number of carbonyl (C=O) groups excluding carboxylic acids is 2. The Hall–Kier alpha value is -4.17. The molecule has 2 aliphatic rings. The molecule has 0 spiro atoms. The van der Waals surface area contributed by atoms with Crippen LogP contribution in [0, 0.1) is 5.92 Å². The Labute approximate surface area is 247 Å². The van der Waals surface area contributed by atoms with Gasteiger partial charge in [0.1, 0.15) is 12.1 Å². The number of hydrogen-bond donors (Lipinski definition) is 3. The molecule has 3 N–H and O–H groups in total. The molecule has 1 atom stereocenters. The number of carboxylic acid groups (broad SMARTS) is 1. The molecule has 1 heterocycles. The van der Waals surface area contributed by atoms with Crippen LogP contribution in [0.3, 0.4) is 0 Å². The van der Waals surface area contributed by atoms with Crippen molar-refractivity contribution < 1.29 is 24.2 Å². The van der Waals surface area contributed by atoms with Gasteiger partial charge in [-0.15, -0.1) is 0 Å². The molecule has 0 saturated carbocycles. The molecule has 220 valence electrons. The summed E-state index contributed by atoms with van der Waals surface area (Å²) in [7, 11) is 0. The molecule has 1 unspecified atom stereocenters. The van der Waals surface area contributed by atoms with Crippen LogP contribution in [-0.2, 0) is 20.9 Å². The average Bonchev–Trinajstić information content (AvgIpc) is 3.33. The summed E-state index contributed by atoms with van der Waals surface area (Å²) < 4.78 is 5.60. The first-order valence-corrected chi connectivity index (χ1v) is 14.7. The van der Waals surface area contributed by atoms with E-state index in [1.54, 1.807) is 0 Å². The fourth-order valence-corrected chi connectivity index (χ4v) is 6.04. The molecule has 5 rings (SSSR count). The number of likely N-dealkylation sites (tertiary alicyclic amines) is 1. The van der Waals surface area contributed by atoms with Crippen LogP contribution < -0.4 is 10.6 Å². The molecule has 8 heteroatoms. The normalized spacial score (nSPS) is 16.6. The number of benzene rings is 3. The number of ether oxygens (including phenoxy) is 1. The predicted molar refractivity (Wildman–Crippen MR) is 161 cm³/mol. The van der Waals surface area contributed by atoms with Crippen molar-refractivity contribution in [3.05, 3.63) is 95.6 Å². The van der Waals surface area contributed by atoms with Gasteiger partial charge in [0.05, 0.1) is 0 Å². The maximum Gasteiger partial charge on any atom is 0.407 e. The number of aliphatic carboxylic acids is 1. The Morgan fingerprint density at radius 2 is 1.52 bits per heavy atom. The van der Waals surface area contributed by atoms with Crippen LogP contribution >= 0.6 is 0 Å². The summed E-state index contributed by atoms with van der Waals surface area (Å²) in [5.74, 6) is -1.25. The van der Waals surface area contributed by atoms with E-state index in [0.717, 1.165) is 17.7 Å². The number of nitrogens with zero attached hydrogens (tertiary/aromatic N) is 1. The number of rotatable bonds is 11. The summed E-state index contributed by atoms with van der Waals surface area (Å²) in [6.45, 7) is 4.52. The smallest absolute Gasteiger partial charge is 0.407 e. The fraction of sp³-hybridized carbons (Fsp3) is 0.382. The number of nitrogens with one attached hydrogen (secondary N) is 2. The lowest BCUT2D eigenvalue weighted by atomic mass is 9.87. The minimum Gasteiger partial charge on any atom is -0.480 e. The quantitative estimate of drug-likeness (QED) is 0.294. The first-order valence-electron chi connectivity index (χ1n) is 14.7. The van der Waals surface area contributed by atoms with E-state index in [1.807, 2.05) is 49.4 Å². The second-order valence-corrected chi connectivity index (χ2v) is 11.5. The van der Waals surface area contributed by atoms with Gasteiger partial charge in [-0.3, -0.25) is 9.69 Å². The van der Waals surface area contributed by atoms with E-state index in [1.165, 1.54) is 16.7 Å². The summed E-state index contributed by atoms with van der Waals surface area (Å²) in [5, 5.41) is 15.6. The van der Waals surface area contributed by atoms with Crippen LogP contribution in [0.1, 0.15) is 55.2 Å². The van der Waals surface area contributed by atoms with E-state index in [-0.39, 0.29) is 30.8 Å². The van der Waals surface area contributed by atoms with E-state index in [0.29, 0.717) is 38.9 Å². The standard InChI is InChI=1S/C34H39N3O5/c1-24(21-35-33(41)42-23-30-28-13-7-5-11-26(28)27-12-6-8-14-29(27)30)15-16-31(38)36-34(32(39)40)17-19-37(20-18-34)22-25-9-3-2-4-10-25/h2-14,24,30H,15-23H2,1H3,(H,35,41)(H,36,38)(H,39,40). The van der Waals surface area contributed by atoms with Gasteiger partial charge < -0.3 is 20.5 Å². The van der Waals surface area contributed by atoms with E-state index < -0.39 is 17.6 Å². The van der Waals surface area contributed by atoms with Gasteiger partial charge in [0, 0.05) is 38.5 Å². The lowest BCUT2D eigenvalue weighted by Crippen LogP contribution is -2.60. The van der Waals surface area contributed by atoms with Crippen LogP contribution in [-0.4, -0.2) is 59.8 Å². The highest BCUT2D eigenvalue weighted by atomic mass is 16.5. The number of amides is 2. The van der Waals surface area contributed by atoms with Gasteiger partial charge in [0.2, 0.25) is 5.91 Å². The summed E-state index contributed by atoms with van der Waals surface area (Å²) in [5.41, 5.74) is 4.61. The van der Waals surface area contributed by atoms with Crippen molar-refractivity contribution in [2.75, 3.05) is 26.2 Å². The molecule has 42 heavy (non-hydrogen) atoms. The third-order valence-corrected chi connectivity index (χ3v) is 8.55. The van der Waals surface area contributed by atoms with E-state index >= 15 is 0 Å². The van der Waals surface area contributed by atoms with Gasteiger partial charge in [-0.25, -0.2) is 9.59 Å². The predicted octanol–water partition coefficient (Wildman–Crippen LogP) is 5.18. The number of hydrogen-bond acceptors (Lipinski definition) is 5. The molecule has 3 aromatic carbocycles. The zero-order valence-corrected chi connectivity index (χ0v) is 24.1. The molecule has 0 radical (unpaired) electrons. The van der Waals surface area contributed by atoms with Gasteiger partial charge in [-0.2, -0.15) is 0 Å². The largest absolute Gasteiger partial charge is 0.480 e. The molecule has 1 aliphatic carbocycles. The fourth-order valence-electron chi connectivity index (χ4n) is 6.04. The van der Waals surface area contributed by atoms with Gasteiger partial charge >= 0.3 is 12.1 Å². The Morgan fingerprint density at radius 1 is 0.929 bits per heavy atom. The van der Waals surface area contributed by atoms with Crippen molar-refractivity contribution in [3.8, 4) is 11.1 Å². The Balaban J connectivity index is 1.03. The minimum atomic E-state index is -1.24. The van der Waals surface area contributed by atoms with Gasteiger partial charge in [0.25, 0.3) is 0 Å². The second-order valence-electron chi connectivity index (χ2n) is 11.5. The highest BCUT2D eigenvalue weighted by Crippen LogP contribution is 2.44. The molecular formula is C34H39N3O5. The number of piperidine rings is 1. The van der Waals surface area contributed by atoms with Crippen LogP contribution in [0.15, 0.2) is 78.9 Å². The second kappa shape index (κ2) is 13.2. The van der Waals surface area contributed by atoms with E-state index in [4.69, 9.17) is 4.74 Å². The highest BCUT2D eigenvalue weighted by molar-refractivity contribution is 5.87. The number of carboxylic acids is 1. The van der Waals surface area contributed by atoms with Gasteiger partial charge in [0.15, 0.2) is 0 Å². The lowest BCUT2D eigenvalue weighted by Gasteiger charge is -2.39. The van der Waals surface area contributed by atoms with Crippen molar-refractivity contribution >= 4 is 18.0 Å². The van der Waals surface area contributed by atoms with Crippen LogP contribution in [0.4, 0.5) is 4.79 Å². The van der Waals surface area contributed by atoms with Gasteiger partial charge in [-0.05, 0) is 53.0 Å². The van der Waals surface area contributed by atoms with Gasteiger partial charge in [-0.1, -0.05) is 85.8 Å². The summed E-state index contributed by atoms with van der Waals surface area (Å²) in [6, 6.07) is 26.5. The lowest BCUT2D eigenvalue weighted by molar-refractivity contribution is -0.150. The Kier molecular flexibility index (Phi) is 9.22. The molecule has 2 amide bonds. The summed E-state index contributed by atoms with van der Waals surface area (Å²) in [4.78, 5) is 39.7. The minimum absolute atomic E-state index is 0.00368. The van der Waals surface area contributed by atoms with Crippen LogP contribution in [0.25, 0.3) is 11.1 Å². The van der Waals surface area contributed by atoms with Crippen molar-refractivity contribution in [3.63, 3.8) is 0 Å². The van der Waals surface area contributed by atoms with Crippen LogP contribution in [0.5, 0.6) is 0 Å². The van der Waals surface area contributed by atoms with Crippen molar-refractivity contribution in [2.45, 2.75) is 50.6 Å². The molecule has 8 nitrogen and oxygen atoms in total. The summed E-state index contributed by atoms with van der Waals surface area (Å²) >= 11 is 0. The van der Waals surface area contributed by atoms with E-state index in [9.17, 15) is 19.5 Å². The first-order chi connectivity index (χ1) is 20.3. The SMILES string of the molecule is CC(CCC(=O)NC1(C(=O)O)CCN(Cc2ccccc2)CC1)CNC(=O)OCC1c2ccccc2-c2ccccc21. The maximum absolute atomic E-state index is 12.8. The third kappa shape index (κ3) is 6.82. The molecule has 1 fully saturated rings. The molecule has 1 saturated heterocycles. The van der Waals surface area contributed by atoms with Crippen molar-refractivity contribution in [1.29, 1.82) is 0 Å². The number of fused-ring (bicyclic) bond motifs is 3. The van der Waals surface area contributed by atoms with Crippen molar-refractivity contribution in [1.82, 2.24) is 15.5 Å². The molecule has 0 aromatic heterocycles. The molecule has 1 aliphatic heterocycles. The zero-order valence-electron chi connectivity index (χ0n) is 24.1. The monoisotopic (exact) mass is 569 g/mol. The Bertz CT molecular complexity index is 1360. The number of carbonyl (C=O) groups is 3. The highest BCUT2D eigenvalue weighted by Gasteiger charge is 2.42. The summed E-state index contributed by atoms with van der Waals surface area (Å²) in [6.07, 6.45) is 0.946. The zero-order chi connectivity index (χ0) is 29.5. The number of alkyl carbamates (subject to hydrolysis) is 1. The third-order valence-electron chi connectivity index (χ3n) is 8.55. The van der Waals surface area contributed by atoms with Crippen LogP contribution in [0.2, 0.25) is 0 Å². The average molecular weight is 570 g/mol. The molecule has 0 bridgehead atoms.